The van der Waals surface area contributed by atoms with Gasteiger partial charge in [-0.25, -0.2) is 0 Å². The zero-order chi connectivity index (χ0) is 26.1. The van der Waals surface area contributed by atoms with Crippen molar-refractivity contribution >= 4 is 17.5 Å². The number of piperidine rings is 1. The topological polar surface area (TPSA) is 49.4 Å². The molecule has 1 fully saturated rings. The van der Waals surface area contributed by atoms with Gasteiger partial charge in [-0.05, 0) is 42.7 Å². The predicted octanol–water partition coefficient (Wildman–Crippen LogP) is 8.00. The van der Waals surface area contributed by atoms with E-state index in [9.17, 15) is 9.59 Å². The third kappa shape index (κ3) is 8.40. The maximum absolute atomic E-state index is 13.3. The molecule has 1 aliphatic rings. The molecule has 0 radical (unpaired) electrons. The van der Waals surface area contributed by atoms with E-state index in [1.165, 1.54) is 0 Å². The van der Waals surface area contributed by atoms with Gasteiger partial charge in [-0.15, -0.1) is 0 Å². The van der Waals surface area contributed by atoms with Crippen molar-refractivity contribution in [2.45, 2.75) is 60.4 Å². The Bertz CT molecular complexity index is 959. The molecular weight excluding hydrogens is 432 g/mol. The summed E-state index contributed by atoms with van der Waals surface area (Å²) in [7, 11) is 0. The van der Waals surface area contributed by atoms with Crippen LogP contribution in [0.2, 0.25) is 0 Å². The molecule has 1 saturated heterocycles. The largest absolute Gasteiger partial charge is 0.331 e. The Morgan fingerprint density at radius 2 is 1.20 bits per heavy atom. The molecule has 1 aliphatic heterocycles. The van der Waals surface area contributed by atoms with Crippen molar-refractivity contribution in [3.63, 3.8) is 0 Å². The molecule has 2 amide bonds. The molecule has 35 heavy (non-hydrogen) atoms. The molecule has 4 rings (SSSR count). The monoisotopic (exact) mass is 474 g/mol. The van der Waals surface area contributed by atoms with Crippen molar-refractivity contribution in [2.75, 3.05) is 11.9 Å². The van der Waals surface area contributed by atoms with Crippen molar-refractivity contribution in [1.82, 2.24) is 4.90 Å². The lowest BCUT2D eigenvalue weighted by molar-refractivity contribution is -0.123. The summed E-state index contributed by atoms with van der Waals surface area (Å²) in [5, 5.41) is 3.03. The van der Waals surface area contributed by atoms with E-state index >= 15 is 0 Å². The molecule has 0 aromatic heterocycles. The summed E-state index contributed by atoms with van der Waals surface area (Å²) in [5.74, 6) is -0.383. The Morgan fingerprint density at radius 1 is 0.714 bits per heavy atom. The lowest BCUT2D eigenvalue weighted by Crippen LogP contribution is -2.46. The molecule has 1 unspecified atom stereocenters. The highest BCUT2D eigenvalue weighted by molar-refractivity contribution is 5.97. The Labute approximate surface area is 212 Å². The van der Waals surface area contributed by atoms with Crippen LogP contribution in [0.5, 0.6) is 0 Å². The summed E-state index contributed by atoms with van der Waals surface area (Å²) < 4.78 is 0. The normalized spacial score (nSPS) is 16.1. The third-order valence-electron chi connectivity index (χ3n) is 5.43. The quantitative estimate of drug-likeness (QED) is 0.416. The highest BCUT2D eigenvalue weighted by Gasteiger charge is 2.39. The number of amides is 2. The zero-order valence-corrected chi connectivity index (χ0v) is 22.2. The summed E-state index contributed by atoms with van der Waals surface area (Å²) in [5.41, 5.74) is 2.41. The number of likely N-dealkylation sites (tertiary alicyclic amines) is 1. The first-order chi connectivity index (χ1) is 17.2. The molecule has 188 valence electrons. The number of nitrogens with one attached hydrogen (secondary N) is 1. The minimum atomic E-state index is -0.306. The van der Waals surface area contributed by atoms with E-state index < -0.39 is 0 Å². The Morgan fingerprint density at radius 3 is 1.74 bits per heavy atom. The Hall–Kier alpha value is -3.40. The number of anilines is 1. The van der Waals surface area contributed by atoms with Crippen LogP contribution in [0.3, 0.4) is 0 Å². The second-order valence-electron chi connectivity index (χ2n) is 7.32. The van der Waals surface area contributed by atoms with E-state index in [1.807, 2.05) is 137 Å². The lowest BCUT2D eigenvalue weighted by atomic mass is 9.83. The molecule has 3 aromatic rings. The van der Waals surface area contributed by atoms with Crippen LogP contribution >= 0.6 is 0 Å². The Kier molecular flexibility index (Phi) is 14.5. The molecular formula is C31H42N2O2. The smallest absolute Gasteiger partial charge is 0.254 e. The third-order valence-corrected chi connectivity index (χ3v) is 5.43. The number of para-hydroxylation sites is 1. The van der Waals surface area contributed by atoms with E-state index in [0.717, 1.165) is 24.1 Å². The zero-order valence-electron chi connectivity index (χ0n) is 22.2. The van der Waals surface area contributed by atoms with E-state index in [1.54, 1.807) is 0 Å². The summed E-state index contributed by atoms with van der Waals surface area (Å²) in [6.45, 7) is 12.6. The molecule has 3 aromatic carbocycles. The fraction of sp³-hybridized carbons (Fsp3) is 0.355. The average molecular weight is 475 g/mol. The highest BCUT2D eigenvalue weighted by Crippen LogP contribution is 2.37. The number of hydrogen-bond donors (Lipinski definition) is 1. The average Bonchev–Trinajstić information content (AvgIpc) is 2.97. The number of rotatable bonds is 4. The van der Waals surface area contributed by atoms with E-state index in [-0.39, 0.29) is 23.8 Å². The summed E-state index contributed by atoms with van der Waals surface area (Å²) in [4.78, 5) is 28.4. The number of carbonyl (C=O) groups is 2. The number of hydrogen-bond acceptors (Lipinski definition) is 2. The molecule has 0 saturated carbocycles. The van der Waals surface area contributed by atoms with E-state index in [4.69, 9.17) is 0 Å². The molecule has 2 atom stereocenters. The maximum atomic E-state index is 13.3. The van der Waals surface area contributed by atoms with Crippen molar-refractivity contribution < 1.29 is 9.59 Å². The van der Waals surface area contributed by atoms with Gasteiger partial charge in [0.05, 0.1) is 12.0 Å². The molecule has 0 spiro atoms. The number of carbonyl (C=O) groups excluding carboxylic acids is 2. The SMILES string of the molecule is CC.CC.CC.O=C(Nc1ccccc1)C1CCCN(C(=O)c2ccccc2)[C@H]1c1ccccc1. The van der Waals surface area contributed by atoms with Crippen molar-refractivity contribution in [1.29, 1.82) is 0 Å². The molecule has 0 aliphatic carbocycles. The molecule has 4 nitrogen and oxygen atoms in total. The van der Waals surface area contributed by atoms with Gasteiger partial charge >= 0.3 is 0 Å². The van der Waals surface area contributed by atoms with E-state index in [0.29, 0.717) is 12.1 Å². The Balaban J connectivity index is 0.000000949. The number of benzene rings is 3. The van der Waals surface area contributed by atoms with Crippen LogP contribution in [0, 0.1) is 5.92 Å². The van der Waals surface area contributed by atoms with Crippen LogP contribution < -0.4 is 5.32 Å². The second kappa shape index (κ2) is 17.1. The highest BCUT2D eigenvalue weighted by atomic mass is 16.2. The fourth-order valence-electron chi connectivity index (χ4n) is 4.06. The minimum absolute atomic E-state index is 0.0309. The van der Waals surface area contributed by atoms with Gasteiger partial charge in [-0.3, -0.25) is 9.59 Å². The van der Waals surface area contributed by atoms with Gasteiger partial charge in [0, 0.05) is 17.8 Å². The fourth-order valence-corrected chi connectivity index (χ4v) is 4.06. The first-order valence-electron chi connectivity index (χ1n) is 13.0. The van der Waals surface area contributed by atoms with Crippen molar-refractivity contribution in [3.05, 3.63) is 102 Å². The first-order valence-corrected chi connectivity index (χ1v) is 13.0. The van der Waals surface area contributed by atoms with Crippen molar-refractivity contribution in [3.8, 4) is 0 Å². The lowest BCUT2D eigenvalue weighted by Gasteiger charge is -2.41. The van der Waals surface area contributed by atoms with Gasteiger partial charge in [0.25, 0.3) is 5.91 Å². The standard InChI is InChI=1S/C25H24N2O2.3C2H6/c28-24(26-21-15-8-3-9-16-21)22-17-10-18-27(23(22)19-11-4-1-5-12-19)25(29)20-13-6-2-7-14-20;3*1-2/h1-9,11-16,22-23H,10,17-18H2,(H,26,28);3*1-2H3/t22?,23-;;;/m0.../s1. The molecule has 0 bridgehead atoms. The maximum Gasteiger partial charge on any atom is 0.254 e. The molecule has 4 heteroatoms. The van der Waals surface area contributed by atoms with Crippen LogP contribution in [0.1, 0.15) is 76.3 Å². The van der Waals surface area contributed by atoms with Gasteiger partial charge < -0.3 is 10.2 Å². The van der Waals surface area contributed by atoms with Crippen LogP contribution in [-0.4, -0.2) is 23.3 Å². The van der Waals surface area contributed by atoms with Gasteiger partial charge in [0.1, 0.15) is 0 Å². The van der Waals surface area contributed by atoms with Crippen LogP contribution in [-0.2, 0) is 4.79 Å². The van der Waals surface area contributed by atoms with Gasteiger partial charge in [0.15, 0.2) is 0 Å². The van der Waals surface area contributed by atoms with Crippen LogP contribution in [0.25, 0.3) is 0 Å². The van der Waals surface area contributed by atoms with Crippen LogP contribution in [0.4, 0.5) is 5.69 Å². The summed E-state index contributed by atoms with van der Waals surface area (Å²) in [6.07, 6.45) is 1.55. The van der Waals surface area contributed by atoms with Crippen molar-refractivity contribution in [2.24, 2.45) is 5.92 Å². The minimum Gasteiger partial charge on any atom is -0.331 e. The number of nitrogens with zero attached hydrogens (tertiary/aromatic N) is 1. The summed E-state index contributed by atoms with van der Waals surface area (Å²) >= 11 is 0. The molecule has 1 N–H and O–H groups in total. The van der Waals surface area contributed by atoms with Gasteiger partial charge in [-0.1, -0.05) is 108 Å². The predicted molar refractivity (Wildman–Crippen MR) is 149 cm³/mol. The summed E-state index contributed by atoms with van der Waals surface area (Å²) in [6, 6.07) is 28.4. The molecule has 1 heterocycles. The first kappa shape index (κ1) is 29.6. The van der Waals surface area contributed by atoms with E-state index in [2.05, 4.69) is 5.32 Å². The van der Waals surface area contributed by atoms with Crippen LogP contribution in [0.15, 0.2) is 91.0 Å². The van der Waals surface area contributed by atoms with Gasteiger partial charge in [0.2, 0.25) is 5.91 Å². The van der Waals surface area contributed by atoms with Gasteiger partial charge in [-0.2, -0.15) is 0 Å². The second-order valence-corrected chi connectivity index (χ2v) is 7.32.